The number of urea groups is 1. The number of rotatable bonds is 6. The molecule has 0 radical (unpaired) electrons. The Kier molecular flexibility index (Phi) is 6.90. The van der Waals surface area contributed by atoms with Crippen LogP contribution in [0.4, 0.5) is 29.3 Å². The van der Waals surface area contributed by atoms with Gasteiger partial charge in [-0.25, -0.2) is 24.3 Å². The molecule has 5 rings (SSSR count). The molecule has 0 aliphatic carbocycles. The molecule has 0 saturated heterocycles. The van der Waals surface area contributed by atoms with Gasteiger partial charge in [-0.15, -0.1) is 5.10 Å². The number of nitrogens with zero attached hydrogens (tertiary/aromatic N) is 5. The fourth-order valence-corrected chi connectivity index (χ4v) is 3.70. The van der Waals surface area contributed by atoms with Gasteiger partial charge < -0.3 is 20.1 Å². The lowest BCUT2D eigenvalue weighted by atomic mass is 10.1. The highest BCUT2D eigenvalue weighted by molar-refractivity contribution is 6.33. The molecule has 2 amide bonds. The predicted molar refractivity (Wildman–Crippen MR) is 136 cm³/mol. The van der Waals surface area contributed by atoms with Gasteiger partial charge in [-0.05, 0) is 48.5 Å². The summed E-state index contributed by atoms with van der Waals surface area (Å²) in [4.78, 5) is 24.7. The first-order valence-electron chi connectivity index (χ1n) is 11.1. The summed E-state index contributed by atoms with van der Waals surface area (Å²) in [6.45, 7) is 0. The highest BCUT2D eigenvalue weighted by Gasteiger charge is 2.31. The molecule has 0 unspecified atom stereocenters. The van der Waals surface area contributed by atoms with E-state index in [0.29, 0.717) is 17.3 Å². The van der Waals surface area contributed by atoms with Crippen LogP contribution in [0.15, 0.2) is 73.2 Å². The predicted octanol–water partition coefficient (Wildman–Crippen LogP) is 6.30. The van der Waals surface area contributed by atoms with Crippen molar-refractivity contribution in [3.63, 3.8) is 0 Å². The van der Waals surface area contributed by atoms with Crippen LogP contribution in [0.3, 0.4) is 0 Å². The van der Waals surface area contributed by atoms with Crippen LogP contribution in [0.1, 0.15) is 5.56 Å². The van der Waals surface area contributed by atoms with Crippen LogP contribution in [0, 0.1) is 0 Å². The smallest absolute Gasteiger partial charge is 0.416 e. The maximum Gasteiger partial charge on any atom is 0.416 e. The monoisotopic (exact) mass is 555 g/mol. The topological polar surface area (TPSA) is 116 Å². The number of carbonyl (C=O) groups excluding carboxylic acids is 1. The SMILES string of the molecule is COc1ccc2ncc(-c3ccc(Oc4ncc(NC(=O)Nc5ccc(C(F)(F)F)cc5Cl)cn4)cc3)n2n1. The number of imidazole rings is 1. The number of carbonyl (C=O) groups is 1. The molecule has 0 aliphatic heterocycles. The van der Waals surface area contributed by atoms with Gasteiger partial charge in [0.25, 0.3) is 0 Å². The molecular weight excluding hydrogens is 539 g/mol. The van der Waals surface area contributed by atoms with E-state index < -0.39 is 17.8 Å². The van der Waals surface area contributed by atoms with Crippen molar-refractivity contribution < 1.29 is 27.4 Å². The number of anilines is 2. The lowest BCUT2D eigenvalue weighted by molar-refractivity contribution is -0.137. The third-order valence-corrected chi connectivity index (χ3v) is 5.65. The summed E-state index contributed by atoms with van der Waals surface area (Å²) >= 11 is 5.86. The maximum atomic E-state index is 12.8. The number of halogens is 4. The van der Waals surface area contributed by atoms with Crippen molar-refractivity contribution in [1.82, 2.24) is 24.6 Å². The van der Waals surface area contributed by atoms with Crippen molar-refractivity contribution in [3.05, 3.63) is 83.8 Å². The Morgan fingerprint density at radius 3 is 2.36 bits per heavy atom. The first-order chi connectivity index (χ1) is 18.7. The normalized spacial score (nSPS) is 11.3. The molecule has 14 heteroatoms. The van der Waals surface area contributed by atoms with E-state index in [-0.39, 0.29) is 22.4 Å². The molecular formula is C25H17ClF3N7O3. The summed E-state index contributed by atoms with van der Waals surface area (Å²) < 4.78 is 50.9. The van der Waals surface area contributed by atoms with Crippen LogP contribution in [-0.2, 0) is 6.18 Å². The van der Waals surface area contributed by atoms with Crippen molar-refractivity contribution in [2.75, 3.05) is 17.7 Å². The van der Waals surface area contributed by atoms with Crippen molar-refractivity contribution >= 4 is 34.7 Å². The Bertz CT molecular complexity index is 1640. The zero-order chi connectivity index (χ0) is 27.6. The second kappa shape index (κ2) is 10.5. The number of nitrogens with one attached hydrogen (secondary N) is 2. The van der Waals surface area contributed by atoms with E-state index >= 15 is 0 Å². The summed E-state index contributed by atoms with van der Waals surface area (Å²) in [6.07, 6.45) is -0.229. The summed E-state index contributed by atoms with van der Waals surface area (Å²) in [5.41, 5.74) is 1.57. The zero-order valence-corrected chi connectivity index (χ0v) is 20.7. The number of alkyl halides is 3. The van der Waals surface area contributed by atoms with Crippen LogP contribution >= 0.6 is 11.6 Å². The minimum Gasteiger partial charge on any atom is -0.480 e. The van der Waals surface area contributed by atoms with Gasteiger partial charge in [-0.2, -0.15) is 13.2 Å². The van der Waals surface area contributed by atoms with Crippen LogP contribution in [0.5, 0.6) is 17.6 Å². The van der Waals surface area contributed by atoms with Gasteiger partial charge in [0.2, 0.25) is 5.88 Å². The Balaban J connectivity index is 1.20. The molecule has 0 spiro atoms. The number of hydrogen-bond acceptors (Lipinski definition) is 7. The summed E-state index contributed by atoms with van der Waals surface area (Å²) in [7, 11) is 1.54. The van der Waals surface area contributed by atoms with E-state index in [4.69, 9.17) is 21.1 Å². The van der Waals surface area contributed by atoms with E-state index in [1.807, 2.05) is 12.1 Å². The fourth-order valence-electron chi connectivity index (χ4n) is 3.47. The molecule has 0 atom stereocenters. The molecule has 0 bridgehead atoms. The minimum absolute atomic E-state index is 0.00494. The molecule has 3 heterocycles. The zero-order valence-electron chi connectivity index (χ0n) is 19.9. The van der Waals surface area contributed by atoms with E-state index in [9.17, 15) is 18.0 Å². The molecule has 2 aromatic carbocycles. The average Bonchev–Trinajstić information content (AvgIpc) is 3.34. The minimum atomic E-state index is -4.55. The van der Waals surface area contributed by atoms with E-state index in [2.05, 4.69) is 30.7 Å². The third-order valence-electron chi connectivity index (χ3n) is 5.34. The number of aromatic nitrogens is 5. The molecule has 198 valence electrons. The number of hydrogen-bond donors (Lipinski definition) is 2. The number of fused-ring (bicyclic) bond motifs is 1. The first kappa shape index (κ1) is 25.7. The molecule has 10 nitrogen and oxygen atoms in total. The third kappa shape index (κ3) is 5.83. The number of ether oxygens (including phenoxy) is 2. The fraction of sp³-hybridized carbons (Fsp3) is 0.0800. The van der Waals surface area contributed by atoms with Gasteiger partial charge in [0, 0.05) is 11.6 Å². The Morgan fingerprint density at radius 2 is 1.69 bits per heavy atom. The maximum absolute atomic E-state index is 12.8. The summed E-state index contributed by atoms with van der Waals surface area (Å²) in [5.74, 6) is 0.922. The molecule has 2 N–H and O–H groups in total. The number of benzene rings is 2. The Hall–Kier alpha value is -4.91. The van der Waals surface area contributed by atoms with Gasteiger partial charge in [-0.3, -0.25) is 0 Å². The lowest BCUT2D eigenvalue weighted by Crippen LogP contribution is -2.20. The van der Waals surface area contributed by atoms with E-state index in [0.717, 1.165) is 29.5 Å². The molecule has 0 saturated carbocycles. The van der Waals surface area contributed by atoms with Gasteiger partial charge in [0.1, 0.15) is 5.75 Å². The number of amides is 2. The molecule has 0 fully saturated rings. The largest absolute Gasteiger partial charge is 0.480 e. The lowest BCUT2D eigenvalue weighted by Gasteiger charge is -2.12. The summed E-state index contributed by atoms with van der Waals surface area (Å²) in [6, 6.07) is 12.5. The second-order valence-corrected chi connectivity index (χ2v) is 8.35. The highest BCUT2D eigenvalue weighted by Crippen LogP contribution is 2.34. The van der Waals surface area contributed by atoms with Crippen LogP contribution in [0.2, 0.25) is 5.02 Å². The van der Waals surface area contributed by atoms with Crippen molar-refractivity contribution in [1.29, 1.82) is 0 Å². The Labute approximate surface area is 223 Å². The molecule has 39 heavy (non-hydrogen) atoms. The van der Waals surface area contributed by atoms with E-state index in [1.54, 1.807) is 35.0 Å². The Morgan fingerprint density at radius 1 is 0.949 bits per heavy atom. The highest BCUT2D eigenvalue weighted by atomic mass is 35.5. The summed E-state index contributed by atoms with van der Waals surface area (Å²) in [5, 5.41) is 8.96. The molecule has 5 aromatic rings. The van der Waals surface area contributed by atoms with Gasteiger partial charge in [0.05, 0.1) is 53.4 Å². The van der Waals surface area contributed by atoms with Crippen LogP contribution in [0.25, 0.3) is 16.9 Å². The van der Waals surface area contributed by atoms with Gasteiger partial charge >= 0.3 is 18.2 Å². The van der Waals surface area contributed by atoms with Gasteiger partial charge in [-0.1, -0.05) is 11.6 Å². The second-order valence-electron chi connectivity index (χ2n) is 7.94. The van der Waals surface area contributed by atoms with Crippen LogP contribution < -0.4 is 20.1 Å². The average molecular weight is 556 g/mol. The van der Waals surface area contributed by atoms with Crippen molar-refractivity contribution in [2.24, 2.45) is 0 Å². The first-order valence-corrected chi connectivity index (χ1v) is 11.5. The van der Waals surface area contributed by atoms with Gasteiger partial charge in [0.15, 0.2) is 5.65 Å². The quantitative estimate of drug-likeness (QED) is 0.252. The number of methoxy groups -OCH3 is 1. The van der Waals surface area contributed by atoms with Crippen molar-refractivity contribution in [3.8, 4) is 28.9 Å². The molecule has 3 aromatic heterocycles. The standard InChI is InChI=1S/C25H17ClF3N7O3/c1-38-22-9-8-21-30-13-20(36(21)35-22)14-2-5-17(6-3-14)39-24-31-11-16(12-32-24)33-23(37)34-19-7-4-15(10-18(19)26)25(27,28)29/h2-13H,1H3,(H2,33,34,37). The van der Waals surface area contributed by atoms with Crippen LogP contribution in [-0.4, -0.2) is 37.7 Å². The van der Waals surface area contributed by atoms with E-state index in [1.165, 1.54) is 19.5 Å². The van der Waals surface area contributed by atoms with Crippen molar-refractivity contribution in [2.45, 2.75) is 6.18 Å². The molecule has 0 aliphatic rings.